The predicted octanol–water partition coefficient (Wildman–Crippen LogP) is 6.71. The molecule has 5 nitrogen and oxygen atoms in total. The molecule has 0 saturated heterocycles. The van der Waals surface area contributed by atoms with Gasteiger partial charge in [-0.3, -0.25) is 4.79 Å². The Morgan fingerprint density at radius 3 is 2.85 bits per heavy atom. The van der Waals surface area contributed by atoms with Gasteiger partial charge >= 0.3 is 5.97 Å². The number of ether oxygens (including phenoxy) is 3. The van der Waals surface area contributed by atoms with Crippen molar-refractivity contribution < 1.29 is 28.5 Å². The first-order chi connectivity index (χ1) is 15.9. The van der Waals surface area contributed by atoms with Gasteiger partial charge in [0.15, 0.2) is 0 Å². The first-order valence-electron chi connectivity index (χ1n) is 10.8. The molecule has 0 amide bonds. The van der Waals surface area contributed by atoms with Gasteiger partial charge in [0.1, 0.15) is 34.9 Å². The van der Waals surface area contributed by atoms with Crippen molar-refractivity contribution >= 4 is 21.9 Å². The van der Waals surface area contributed by atoms with Crippen molar-refractivity contribution in [3.63, 3.8) is 0 Å². The average Bonchev–Trinajstić information content (AvgIpc) is 3.37. The molecule has 2 aliphatic rings. The number of hydrogen-bond donors (Lipinski definition) is 1. The summed E-state index contributed by atoms with van der Waals surface area (Å²) in [6, 6.07) is 14.3. The lowest BCUT2D eigenvalue weighted by Crippen LogP contribution is -2.07. The van der Waals surface area contributed by atoms with Crippen LogP contribution in [0.15, 0.2) is 53.0 Å². The zero-order chi connectivity index (χ0) is 23.1. The molecule has 3 aromatic carbocycles. The van der Waals surface area contributed by atoms with E-state index in [-0.39, 0.29) is 18.2 Å². The average molecular weight is 513 g/mol. The summed E-state index contributed by atoms with van der Waals surface area (Å²) in [5.74, 6) is 1.20. The lowest BCUT2D eigenvalue weighted by Gasteiger charge is -2.18. The molecule has 0 radical (unpaired) electrons. The van der Waals surface area contributed by atoms with Crippen LogP contribution in [0.1, 0.15) is 47.1 Å². The molecule has 33 heavy (non-hydrogen) atoms. The number of carboxylic acid groups (broad SMARTS) is 1. The van der Waals surface area contributed by atoms with Gasteiger partial charge in [0, 0.05) is 33.1 Å². The normalized spacial score (nSPS) is 18.4. The van der Waals surface area contributed by atoms with Gasteiger partial charge in [-0.2, -0.15) is 0 Å². The zero-order valence-electron chi connectivity index (χ0n) is 17.9. The van der Waals surface area contributed by atoms with Gasteiger partial charge in [-0.1, -0.05) is 28.1 Å². The standard InChI is InChI=1S/C26H22BrFO5/c1-14-2-3-16(27)11-23(14)33-21-9-7-20(28)26-19(21)6-8-22(26)32-17-4-5-18-15(10-25(29)30)13-31-24(18)12-17/h2-5,7,9,11-12,15,22H,6,8,10,13H2,1H3,(H,29,30). The Hall–Kier alpha value is -3.06. The van der Waals surface area contributed by atoms with Crippen molar-refractivity contribution in [3.8, 4) is 23.0 Å². The Bertz CT molecular complexity index is 1240. The van der Waals surface area contributed by atoms with Crippen LogP contribution in [0.4, 0.5) is 4.39 Å². The first-order valence-corrected chi connectivity index (χ1v) is 11.6. The van der Waals surface area contributed by atoms with E-state index in [0.29, 0.717) is 48.0 Å². The highest BCUT2D eigenvalue weighted by molar-refractivity contribution is 9.10. The molecule has 2 unspecified atom stereocenters. The second-order valence-corrected chi connectivity index (χ2v) is 9.32. The van der Waals surface area contributed by atoms with E-state index < -0.39 is 12.1 Å². The molecule has 1 heterocycles. The molecule has 7 heteroatoms. The Morgan fingerprint density at radius 1 is 1.18 bits per heavy atom. The van der Waals surface area contributed by atoms with E-state index in [1.54, 1.807) is 18.2 Å². The van der Waals surface area contributed by atoms with E-state index in [1.165, 1.54) is 6.07 Å². The fourth-order valence-corrected chi connectivity index (χ4v) is 4.87. The molecule has 0 spiro atoms. The minimum Gasteiger partial charge on any atom is -0.492 e. The summed E-state index contributed by atoms with van der Waals surface area (Å²) in [7, 11) is 0. The third-order valence-electron chi connectivity index (χ3n) is 6.17. The summed E-state index contributed by atoms with van der Waals surface area (Å²) in [6.45, 7) is 2.30. The number of benzene rings is 3. The van der Waals surface area contributed by atoms with Gasteiger partial charge in [-0.05, 0) is 55.7 Å². The molecule has 0 fully saturated rings. The molecular formula is C26H22BrFO5. The lowest BCUT2D eigenvalue weighted by atomic mass is 9.98. The Morgan fingerprint density at radius 2 is 2.03 bits per heavy atom. The molecule has 0 aromatic heterocycles. The van der Waals surface area contributed by atoms with Crippen LogP contribution < -0.4 is 14.2 Å². The highest BCUT2D eigenvalue weighted by atomic mass is 79.9. The van der Waals surface area contributed by atoms with Crippen LogP contribution in [0.2, 0.25) is 0 Å². The van der Waals surface area contributed by atoms with Crippen LogP contribution in [0.3, 0.4) is 0 Å². The number of fused-ring (bicyclic) bond motifs is 2. The molecule has 0 saturated carbocycles. The van der Waals surface area contributed by atoms with Gasteiger partial charge in [-0.25, -0.2) is 4.39 Å². The Labute approximate surface area is 199 Å². The monoisotopic (exact) mass is 512 g/mol. The van der Waals surface area contributed by atoms with Crippen molar-refractivity contribution in [2.75, 3.05) is 6.61 Å². The molecule has 2 atom stereocenters. The van der Waals surface area contributed by atoms with E-state index in [2.05, 4.69) is 15.9 Å². The SMILES string of the molecule is Cc1ccc(Br)cc1Oc1ccc(F)c2c1CCC2Oc1ccc2c(c1)OCC2CC(=O)O. The van der Waals surface area contributed by atoms with Crippen LogP contribution in [0.25, 0.3) is 0 Å². The van der Waals surface area contributed by atoms with Crippen LogP contribution in [-0.2, 0) is 11.2 Å². The molecule has 1 aliphatic carbocycles. The van der Waals surface area contributed by atoms with Crippen LogP contribution in [0.5, 0.6) is 23.0 Å². The van der Waals surface area contributed by atoms with Gasteiger partial charge < -0.3 is 19.3 Å². The summed E-state index contributed by atoms with van der Waals surface area (Å²) < 4.78 is 33.8. The third kappa shape index (κ3) is 4.29. The van der Waals surface area contributed by atoms with Crippen molar-refractivity contribution in [1.82, 2.24) is 0 Å². The number of rotatable bonds is 6. The summed E-state index contributed by atoms with van der Waals surface area (Å²) >= 11 is 3.47. The van der Waals surface area contributed by atoms with E-state index >= 15 is 0 Å². The molecule has 170 valence electrons. The van der Waals surface area contributed by atoms with Crippen molar-refractivity contribution in [2.45, 2.75) is 38.2 Å². The fourth-order valence-electron chi connectivity index (χ4n) is 4.53. The molecular weight excluding hydrogens is 491 g/mol. The topological polar surface area (TPSA) is 65.0 Å². The molecule has 5 rings (SSSR count). The van der Waals surface area contributed by atoms with Crippen LogP contribution in [0, 0.1) is 12.7 Å². The van der Waals surface area contributed by atoms with Gasteiger partial charge in [0.2, 0.25) is 0 Å². The Kier molecular flexibility index (Phi) is 5.74. The summed E-state index contributed by atoms with van der Waals surface area (Å²) in [4.78, 5) is 11.1. The van der Waals surface area contributed by atoms with Crippen LogP contribution >= 0.6 is 15.9 Å². The maximum atomic E-state index is 14.9. The summed E-state index contributed by atoms with van der Waals surface area (Å²) in [6.07, 6.45) is 0.849. The fraction of sp³-hybridized carbons (Fsp3) is 0.269. The van der Waals surface area contributed by atoms with E-state index in [4.69, 9.17) is 19.3 Å². The number of carboxylic acids is 1. The summed E-state index contributed by atoms with van der Waals surface area (Å²) in [5.41, 5.74) is 3.19. The molecule has 1 aliphatic heterocycles. The van der Waals surface area contributed by atoms with Gasteiger partial charge in [-0.15, -0.1) is 0 Å². The second-order valence-electron chi connectivity index (χ2n) is 8.40. The lowest BCUT2D eigenvalue weighted by molar-refractivity contribution is -0.137. The number of halogens is 2. The van der Waals surface area contributed by atoms with Gasteiger partial charge in [0.25, 0.3) is 0 Å². The first kappa shape index (κ1) is 21.8. The van der Waals surface area contributed by atoms with Crippen molar-refractivity contribution in [3.05, 3.63) is 81.1 Å². The maximum absolute atomic E-state index is 14.9. The van der Waals surface area contributed by atoms with Crippen LogP contribution in [-0.4, -0.2) is 17.7 Å². The highest BCUT2D eigenvalue weighted by Crippen LogP contribution is 2.44. The molecule has 0 bridgehead atoms. The maximum Gasteiger partial charge on any atom is 0.304 e. The largest absolute Gasteiger partial charge is 0.492 e. The molecule has 3 aromatic rings. The van der Waals surface area contributed by atoms with Crippen molar-refractivity contribution in [2.24, 2.45) is 0 Å². The minimum absolute atomic E-state index is 0.0225. The predicted molar refractivity (Wildman–Crippen MR) is 124 cm³/mol. The van der Waals surface area contributed by atoms with E-state index in [9.17, 15) is 9.18 Å². The van der Waals surface area contributed by atoms with E-state index in [1.807, 2.05) is 31.2 Å². The summed E-state index contributed by atoms with van der Waals surface area (Å²) in [5, 5.41) is 9.08. The Balaban J connectivity index is 1.39. The quantitative estimate of drug-likeness (QED) is 0.397. The van der Waals surface area contributed by atoms with Gasteiger partial charge in [0.05, 0.1) is 13.0 Å². The highest BCUT2D eigenvalue weighted by Gasteiger charge is 2.32. The third-order valence-corrected chi connectivity index (χ3v) is 6.67. The smallest absolute Gasteiger partial charge is 0.304 e. The van der Waals surface area contributed by atoms with Crippen molar-refractivity contribution in [1.29, 1.82) is 0 Å². The second kappa shape index (κ2) is 8.71. The zero-order valence-corrected chi connectivity index (χ0v) is 19.5. The molecule has 1 N–H and O–H groups in total. The van der Waals surface area contributed by atoms with E-state index in [0.717, 1.165) is 21.2 Å². The number of aryl methyl sites for hydroxylation is 1. The number of hydrogen-bond acceptors (Lipinski definition) is 4. The number of aliphatic carboxylic acids is 1. The minimum atomic E-state index is -0.856. The number of carbonyl (C=O) groups is 1.